The molecule has 0 saturated heterocycles. The third-order valence-corrected chi connectivity index (χ3v) is 3.45. The fourth-order valence-corrected chi connectivity index (χ4v) is 2.21. The highest BCUT2D eigenvalue weighted by atomic mass is 35.5. The minimum absolute atomic E-state index is 0.191. The van der Waals surface area contributed by atoms with E-state index in [1.54, 1.807) is 0 Å². The highest BCUT2D eigenvalue weighted by Gasteiger charge is 2.25. The van der Waals surface area contributed by atoms with Gasteiger partial charge in [0, 0.05) is 11.3 Å². The summed E-state index contributed by atoms with van der Waals surface area (Å²) >= 11 is 6.29. The molecule has 0 fully saturated rings. The number of alkyl halides is 1. The summed E-state index contributed by atoms with van der Waals surface area (Å²) in [7, 11) is 0. The summed E-state index contributed by atoms with van der Waals surface area (Å²) in [6.45, 7) is 3.62. The third-order valence-electron chi connectivity index (χ3n) is 2.84. The molecule has 1 nitrogen and oxygen atoms in total. The van der Waals surface area contributed by atoms with Gasteiger partial charge in [0.2, 0.25) is 0 Å². The van der Waals surface area contributed by atoms with Gasteiger partial charge < -0.3 is 4.74 Å². The molecule has 0 saturated carbocycles. The van der Waals surface area contributed by atoms with Crippen molar-refractivity contribution >= 4 is 11.6 Å². The van der Waals surface area contributed by atoms with Crippen molar-refractivity contribution in [3.05, 3.63) is 35.4 Å². The average molecular weight is 211 g/mol. The molecule has 2 rings (SSSR count). The number of fused-ring (bicyclic) bond motifs is 1. The monoisotopic (exact) mass is 210 g/mol. The van der Waals surface area contributed by atoms with Gasteiger partial charge in [0.25, 0.3) is 0 Å². The number of rotatable bonds is 2. The molecule has 0 N–H and O–H groups in total. The maximum atomic E-state index is 6.29. The van der Waals surface area contributed by atoms with E-state index in [0.29, 0.717) is 5.92 Å². The van der Waals surface area contributed by atoms with Gasteiger partial charge in [0.05, 0.1) is 13.2 Å². The van der Waals surface area contributed by atoms with Crippen LogP contribution in [0.15, 0.2) is 24.3 Å². The van der Waals surface area contributed by atoms with Gasteiger partial charge >= 0.3 is 0 Å². The zero-order valence-electron chi connectivity index (χ0n) is 8.37. The standard InChI is InChI=1S/C12H15ClO/c1-2-12(13)11-8-14-7-9-5-3-4-6-10(9)11/h3-6,11-12H,2,7-8H2,1H3. The quantitative estimate of drug-likeness (QED) is 0.681. The van der Waals surface area contributed by atoms with Crippen molar-refractivity contribution in [2.24, 2.45) is 0 Å². The maximum absolute atomic E-state index is 6.29. The molecular formula is C12H15ClO. The first-order valence-corrected chi connectivity index (χ1v) is 5.56. The Kier molecular flexibility index (Phi) is 3.09. The molecule has 76 valence electrons. The Hall–Kier alpha value is -0.530. The Balaban J connectivity index is 2.30. The molecule has 0 aliphatic carbocycles. The summed E-state index contributed by atoms with van der Waals surface area (Å²) in [5, 5.41) is 0.191. The molecule has 1 aliphatic rings. The minimum Gasteiger partial charge on any atom is -0.376 e. The molecule has 1 aromatic carbocycles. The van der Waals surface area contributed by atoms with E-state index in [1.165, 1.54) is 11.1 Å². The van der Waals surface area contributed by atoms with Crippen LogP contribution < -0.4 is 0 Å². The van der Waals surface area contributed by atoms with E-state index in [4.69, 9.17) is 16.3 Å². The van der Waals surface area contributed by atoms with Crippen LogP contribution in [0.5, 0.6) is 0 Å². The van der Waals surface area contributed by atoms with Crippen LogP contribution in [0.4, 0.5) is 0 Å². The van der Waals surface area contributed by atoms with Crippen LogP contribution in [0.1, 0.15) is 30.4 Å². The molecule has 1 aliphatic heterocycles. The smallest absolute Gasteiger partial charge is 0.0719 e. The Morgan fingerprint density at radius 2 is 2.29 bits per heavy atom. The second kappa shape index (κ2) is 4.33. The first-order valence-electron chi connectivity index (χ1n) is 5.12. The number of hydrogen-bond donors (Lipinski definition) is 0. The lowest BCUT2D eigenvalue weighted by Gasteiger charge is -2.28. The van der Waals surface area contributed by atoms with E-state index < -0.39 is 0 Å². The van der Waals surface area contributed by atoms with E-state index in [0.717, 1.165) is 19.6 Å². The third kappa shape index (κ3) is 1.79. The largest absolute Gasteiger partial charge is 0.376 e. The highest BCUT2D eigenvalue weighted by molar-refractivity contribution is 6.21. The Labute approximate surface area is 90.0 Å². The van der Waals surface area contributed by atoms with Gasteiger partial charge in [-0.15, -0.1) is 11.6 Å². The average Bonchev–Trinajstić information content (AvgIpc) is 2.27. The predicted molar refractivity (Wildman–Crippen MR) is 58.8 cm³/mol. The molecular weight excluding hydrogens is 196 g/mol. The summed E-state index contributed by atoms with van der Waals surface area (Å²) in [5.41, 5.74) is 2.67. The first kappa shape index (κ1) is 10.0. The summed E-state index contributed by atoms with van der Waals surface area (Å²) in [4.78, 5) is 0. The van der Waals surface area contributed by atoms with Crippen molar-refractivity contribution in [3.63, 3.8) is 0 Å². The van der Waals surface area contributed by atoms with Gasteiger partial charge in [-0.2, -0.15) is 0 Å². The summed E-state index contributed by atoms with van der Waals surface area (Å²) in [5.74, 6) is 0.367. The van der Waals surface area contributed by atoms with Crippen LogP contribution in [0, 0.1) is 0 Å². The highest BCUT2D eigenvalue weighted by Crippen LogP contribution is 2.32. The van der Waals surface area contributed by atoms with Gasteiger partial charge in [-0.1, -0.05) is 31.2 Å². The number of halogens is 1. The first-order chi connectivity index (χ1) is 6.83. The predicted octanol–water partition coefficient (Wildman–Crippen LogP) is 3.32. The zero-order valence-corrected chi connectivity index (χ0v) is 9.13. The summed E-state index contributed by atoms with van der Waals surface area (Å²) in [6, 6.07) is 8.44. The molecule has 2 atom stereocenters. The number of ether oxygens (including phenoxy) is 1. The van der Waals surface area contributed by atoms with Crippen LogP contribution in [0.3, 0.4) is 0 Å². The van der Waals surface area contributed by atoms with E-state index in [1.807, 2.05) is 0 Å². The lowest BCUT2D eigenvalue weighted by molar-refractivity contribution is 0.0895. The molecule has 0 spiro atoms. The normalized spacial score (nSPS) is 22.9. The second-order valence-electron chi connectivity index (χ2n) is 3.74. The summed E-state index contributed by atoms with van der Waals surface area (Å²) in [6.07, 6.45) is 0.990. The summed E-state index contributed by atoms with van der Waals surface area (Å²) < 4.78 is 5.55. The Morgan fingerprint density at radius 3 is 3.07 bits per heavy atom. The molecule has 0 radical (unpaired) electrons. The molecule has 1 aromatic rings. The Morgan fingerprint density at radius 1 is 1.50 bits per heavy atom. The molecule has 14 heavy (non-hydrogen) atoms. The van der Waals surface area contributed by atoms with E-state index in [9.17, 15) is 0 Å². The van der Waals surface area contributed by atoms with Crippen LogP contribution >= 0.6 is 11.6 Å². The molecule has 0 aromatic heterocycles. The van der Waals surface area contributed by atoms with Crippen molar-refractivity contribution in [2.45, 2.75) is 31.2 Å². The van der Waals surface area contributed by atoms with Crippen LogP contribution in [-0.4, -0.2) is 12.0 Å². The molecule has 1 heterocycles. The van der Waals surface area contributed by atoms with E-state index >= 15 is 0 Å². The SMILES string of the molecule is CCC(Cl)C1COCc2ccccc21. The number of hydrogen-bond acceptors (Lipinski definition) is 1. The molecule has 2 unspecified atom stereocenters. The topological polar surface area (TPSA) is 9.23 Å². The van der Waals surface area contributed by atoms with E-state index in [-0.39, 0.29) is 5.38 Å². The van der Waals surface area contributed by atoms with Crippen molar-refractivity contribution in [3.8, 4) is 0 Å². The Bertz CT molecular complexity index is 311. The fourth-order valence-electron chi connectivity index (χ4n) is 2.00. The fraction of sp³-hybridized carbons (Fsp3) is 0.500. The van der Waals surface area contributed by atoms with Crippen LogP contribution in [-0.2, 0) is 11.3 Å². The van der Waals surface area contributed by atoms with Crippen molar-refractivity contribution in [1.29, 1.82) is 0 Å². The van der Waals surface area contributed by atoms with Crippen LogP contribution in [0.2, 0.25) is 0 Å². The van der Waals surface area contributed by atoms with Crippen molar-refractivity contribution < 1.29 is 4.74 Å². The van der Waals surface area contributed by atoms with Crippen molar-refractivity contribution in [2.75, 3.05) is 6.61 Å². The van der Waals surface area contributed by atoms with Gasteiger partial charge in [0.15, 0.2) is 0 Å². The van der Waals surface area contributed by atoms with Gasteiger partial charge in [-0.05, 0) is 17.5 Å². The van der Waals surface area contributed by atoms with Crippen molar-refractivity contribution in [1.82, 2.24) is 0 Å². The van der Waals surface area contributed by atoms with Gasteiger partial charge in [-0.25, -0.2) is 0 Å². The van der Waals surface area contributed by atoms with E-state index in [2.05, 4.69) is 31.2 Å². The lowest BCUT2D eigenvalue weighted by Crippen LogP contribution is -2.23. The lowest BCUT2D eigenvalue weighted by atomic mass is 9.89. The second-order valence-corrected chi connectivity index (χ2v) is 4.31. The molecule has 0 bridgehead atoms. The van der Waals surface area contributed by atoms with Gasteiger partial charge in [0.1, 0.15) is 0 Å². The molecule has 2 heteroatoms. The maximum Gasteiger partial charge on any atom is 0.0719 e. The van der Waals surface area contributed by atoms with Gasteiger partial charge in [-0.3, -0.25) is 0 Å². The number of benzene rings is 1. The minimum atomic E-state index is 0.191. The molecule has 0 amide bonds. The zero-order chi connectivity index (χ0) is 9.97. The van der Waals surface area contributed by atoms with Crippen LogP contribution in [0.25, 0.3) is 0 Å².